The van der Waals surface area contributed by atoms with Crippen LogP contribution >= 0.6 is 0 Å². The highest BCUT2D eigenvalue weighted by Crippen LogP contribution is 2.31. The molecule has 0 aliphatic carbocycles. The van der Waals surface area contributed by atoms with E-state index in [4.69, 9.17) is 4.74 Å². The number of nitrogens with zero attached hydrogens (tertiary/aromatic N) is 1. The predicted molar refractivity (Wildman–Crippen MR) is 86.5 cm³/mol. The van der Waals surface area contributed by atoms with E-state index in [9.17, 15) is 0 Å². The number of ether oxygens (including phenoxy) is 1. The molecule has 1 aromatic rings. The molecule has 2 heterocycles. The number of fused-ring (bicyclic) bond motifs is 1. The Kier molecular flexibility index (Phi) is 4.94. The Morgan fingerprint density at radius 1 is 1.29 bits per heavy atom. The lowest BCUT2D eigenvalue weighted by molar-refractivity contribution is -0.0280. The van der Waals surface area contributed by atoms with Crippen molar-refractivity contribution in [2.24, 2.45) is 5.41 Å². The maximum Gasteiger partial charge on any atom is 0.0546 e. The summed E-state index contributed by atoms with van der Waals surface area (Å²) in [7, 11) is 0. The second-order valence-electron chi connectivity index (χ2n) is 6.67. The van der Waals surface area contributed by atoms with Gasteiger partial charge in [-0.3, -0.25) is 4.90 Å². The lowest BCUT2D eigenvalue weighted by atomic mass is 9.81. The third kappa shape index (κ3) is 3.65. The van der Waals surface area contributed by atoms with Crippen LogP contribution in [0.15, 0.2) is 24.3 Å². The summed E-state index contributed by atoms with van der Waals surface area (Å²) in [4.78, 5) is 2.63. The van der Waals surface area contributed by atoms with Crippen LogP contribution < -0.4 is 5.32 Å². The first-order valence-electron chi connectivity index (χ1n) is 8.39. The first kappa shape index (κ1) is 15.0. The standard InChI is InChI=1S/C18H28N2O/c1-2-19-13-18(9-5-11-21-15-18)14-20-10-8-16-6-3-4-7-17(16)12-20/h3-4,6-7,19H,2,5,8-15H2,1H3. The molecule has 3 nitrogen and oxygen atoms in total. The summed E-state index contributed by atoms with van der Waals surface area (Å²) in [5, 5.41) is 3.56. The molecule has 116 valence electrons. The van der Waals surface area contributed by atoms with E-state index in [0.717, 1.165) is 39.4 Å². The average Bonchev–Trinajstić information content (AvgIpc) is 2.54. The van der Waals surface area contributed by atoms with Gasteiger partial charge in [-0.25, -0.2) is 0 Å². The van der Waals surface area contributed by atoms with E-state index >= 15 is 0 Å². The van der Waals surface area contributed by atoms with Gasteiger partial charge in [-0.05, 0) is 36.9 Å². The summed E-state index contributed by atoms with van der Waals surface area (Å²) in [5.74, 6) is 0. The number of rotatable bonds is 5. The Morgan fingerprint density at radius 2 is 2.14 bits per heavy atom. The maximum atomic E-state index is 5.83. The SMILES string of the molecule is CCNCC1(CN2CCc3ccccc3C2)CCCOC1. The molecule has 1 unspecified atom stereocenters. The molecule has 3 rings (SSSR count). The Balaban J connectivity index is 1.66. The molecule has 0 spiro atoms. The van der Waals surface area contributed by atoms with Gasteiger partial charge in [0.25, 0.3) is 0 Å². The Bertz CT molecular complexity index is 454. The lowest BCUT2D eigenvalue weighted by Crippen LogP contribution is -2.49. The fourth-order valence-corrected chi connectivity index (χ4v) is 3.78. The zero-order chi connectivity index (χ0) is 14.5. The van der Waals surface area contributed by atoms with E-state index in [1.807, 2.05) is 0 Å². The fourth-order valence-electron chi connectivity index (χ4n) is 3.78. The highest BCUT2D eigenvalue weighted by molar-refractivity contribution is 5.29. The fraction of sp³-hybridized carbons (Fsp3) is 0.667. The van der Waals surface area contributed by atoms with Gasteiger partial charge in [0, 0.05) is 38.2 Å². The topological polar surface area (TPSA) is 24.5 Å². The molecule has 1 saturated heterocycles. The van der Waals surface area contributed by atoms with Crippen LogP contribution in [0.1, 0.15) is 30.9 Å². The van der Waals surface area contributed by atoms with E-state index < -0.39 is 0 Å². The number of hydrogen-bond acceptors (Lipinski definition) is 3. The lowest BCUT2D eigenvalue weighted by Gasteiger charge is -2.42. The molecular weight excluding hydrogens is 260 g/mol. The summed E-state index contributed by atoms with van der Waals surface area (Å²) in [6.45, 7) is 9.62. The van der Waals surface area contributed by atoms with Gasteiger partial charge >= 0.3 is 0 Å². The van der Waals surface area contributed by atoms with Gasteiger partial charge in [0.2, 0.25) is 0 Å². The molecule has 2 aliphatic rings. The minimum absolute atomic E-state index is 0.306. The quantitative estimate of drug-likeness (QED) is 0.901. The molecule has 0 aromatic heterocycles. The minimum Gasteiger partial charge on any atom is -0.381 e. The van der Waals surface area contributed by atoms with Crippen molar-refractivity contribution in [3.8, 4) is 0 Å². The highest BCUT2D eigenvalue weighted by atomic mass is 16.5. The zero-order valence-corrected chi connectivity index (χ0v) is 13.2. The molecule has 1 atom stereocenters. The predicted octanol–water partition coefficient (Wildman–Crippen LogP) is 2.45. The Labute approximate surface area is 128 Å². The van der Waals surface area contributed by atoms with Gasteiger partial charge in [-0.15, -0.1) is 0 Å². The van der Waals surface area contributed by atoms with E-state index in [-0.39, 0.29) is 0 Å². The summed E-state index contributed by atoms with van der Waals surface area (Å²) < 4.78 is 5.83. The molecule has 21 heavy (non-hydrogen) atoms. The van der Waals surface area contributed by atoms with Crippen molar-refractivity contribution in [3.63, 3.8) is 0 Å². The molecule has 3 heteroatoms. The van der Waals surface area contributed by atoms with Gasteiger partial charge in [0.15, 0.2) is 0 Å². The second-order valence-corrected chi connectivity index (χ2v) is 6.67. The average molecular weight is 288 g/mol. The first-order valence-corrected chi connectivity index (χ1v) is 8.39. The monoisotopic (exact) mass is 288 g/mol. The van der Waals surface area contributed by atoms with Gasteiger partial charge in [0.1, 0.15) is 0 Å². The van der Waals surface area contributed by atoms with Crippen LogP contribution in [0.4, 0.5) is 0 Å². The zero-order valence-electron chi connectivity index (χ0n) is 13.2. The highest BCUT2D eigenvalue weighted by Gasteiger charge is 2.35. The Hall–Kier alpha value is -0.900. The van der Waals surface area contributed by atoms with Crippen molar-refractivity contribution >= 4 is 0 Å². The molecule has 0 saturated carbocycles. The van der Waals surface area contributed by atoms with Crippen LogP contribution in [0, 0.1) is 5.41 Å². The third-order valence-electron chi connectivity index (χ3n) is 4.92. The molecule has 0 bridgehead atoms. The van der Waals surface area contributed by atoms with Crippen LogP contribution in [-0.4, -0.2) is 44.3 Å². The minimum atomic E-state index is 0.306. The number of hydrogen-bond donors (Lipinski definition) is 1. The van der Waals surface area contributed by atoms with Crippen molar-refractivity contribution in [2.75, 3.05) is 39.4 Å². The van der Waals surface area contributed by atoms with E-state index in [1.54, 1.807) is 0 Å². The van der Waals surface area contributed by atoms with Crippen molar-refractivity contribution in [1.82, 2.24) is 10.2 Å². The third-order valence-corrected chi connectivity index (χ3v) is 4.92. The number of benzene rings is 1. The summed E-state index contributed by atoms with van der Waals surface area (Å²) in [6, 6.07) is 8.90. The molecule has 1 N–H and O–H groups in total. The molecule has 1 fully saturated rings. The van der Waals surface area contributed by atoms with Gasteiger partial charge < -0.3 is 10.1 Å². The smallest absolute Gasteiger partial charge is 0.0546 e. The summed E-state index contributed by atoms with van der Waals surface area (Å²) >= 11 is 0. The van der Waals surface area contributed by atoms with Crippen LogP contribution in [-0.2, 0) is 17.7 Å². The Morgan fingerprint density at radius 3 is 2.90 bits per heavy atom. The molecule has 1 aromatic carbocycles. The van der Waals surface area contributed by atoms with Crippen molar-refractivity contribution < 1.29 is 4.74 Å². The molecule has 0 amide bonds. The molecule has 0 radical (unpaired) electrons. The van der Waals surface area contributed by atoms with Crippen molar-refractivity contribution in [1.29, 1.82) is 0 Å². The second kappa shape index (κ2) is 6.91. The molecule has 2 aliphatic heterocycles. The number of nitrogens with one attached hydrogen (secondary N) is 1. The normalized spacial score (nSPS) is 26.5. The van der Waals surface area contributed by atoms with Crippen LogP contribution in [0.5, 0.6) is 0 Å². The van der Waals surface area contributed by atoms with Crippen molar-refractivity contribution in [3.05, 3.63) is 35.4 Å². The van der Waals surface area contributed by atoms with Crippen LogP contribution in [0.25, 0.3) is 0 Å². The van der Waals surface area contributed by atoms with Crippen LogP contribution in [0.2, 0.25) is 0 Å². The first-order chi connectivity index (χ1) is 10.3. The van der Waals surface area contributed by atoms with Gasteiger partial charge in [0.05, 0.1) is 6.61 Å². The van der Waals surface area contributed by atoms with Crippen LogP contribution in [0.3, 0.4) is 0 Å². The van der Waals surface area contributed by atoms with Gasteiger partial charge in [-0.1, -0.05) is 31.2 Å². The van der Waals surface area contributed by atoms with Crippen molar-refractivity contribution in [2.45, 2.75) is 32.7 Å². The largest absolute Gasteiger partial charge is 0.381 e. The van der Waals surface area contributed by atoms with E-state index in [1.165, 1.54) is 36.9 Å². The maximum absolute atomic E-state index is 5.83. The summed E-state index contributed by atoms with van der Waals surface area (Å²) in [5.41, 5.74) is 3.36. The van der Waals surface area contributed by atoms with E-state index in [0.29, 0.717) is 5.41 Å². The molecular formula is C18H28N2O. The summed E-state index contributed by atoms with van der Waals surface area (Å²) in [6.07, 6.45) is 3.68. The van der Waals surface area contributed by atoms with E-state index in [2.05, 4.69) is 41.4 Å². The van der Waals surface area contributed by atoms with Gasteiger partial charge in [-0.2, -0.15) is 0 Å².